The summed E-state index contributed by atoms with van der Waals surface area (Å²) < 4.78 is 5.29. The Morgan fingerprint density at radius 2 is 1.69 bits per heavy atom. The SMILES string of the molecule is CCC(OC(=O)C(C)C)C(C)(C)C(C)(O)O. The second-order valence-electron chi connectivity index (χ2n) is 5.23. The van der Waals surface area contributed by atoms with E-state index in [0.717, 1.165) is 0 Å². The Labute approximate surface area is 97.6 Å². The van der Waals surface area contributed by atoms with Gasteiger partial charge in [0, 0.05) is 0 Å². The molecule has 0 aromatic carbocycles. The molecule has 0 fully saturated rings. The summed E-state index contributed by atoms with van der Waals surface area (Å²) >= 11 is 0. The van der Waals surface area contributed by atoms with E-state index in [1.54, 1.807) is 27.7 Å². The summed E-state index contributed by atoms with van der Waals surface area (Å²) in [6.45, 7) is 10.0. The van der Waals surface area contributed by atoms with Gasteiger partial charge >= 0.3 is 5.97 Å². The average Bonchev–Trinajstić information content (AvgIpc) is 2.11. The number of hydrogen-bond donors (Lipinski definition) is 2. The maximum Gasteiger partial charge on any atom is 0.308 e. The number of esters is 1. The highest BCUT2D eigenvalue weighted by molar-refractivity contribution is 5.71. The molecule has 0 heterocycles. The van der Waals surface area contributed by atoms with Gasteiger partial charge < -0.3 is 14.9 Å². The Bertz CT molecular complexity index is 238. The number of ether oxygens (including phenoxy) is 1. The van der Waals surface area contributed by atoms with E-state index in [4.69, 9.17) is 4.74 Å². The first kappa shape index (κ1) is 15.4. The van der Waals surface area contributed by atoms with Crippen LogP contribution in [0.25, 0.3) is 0 Å². The third kappa shape index (κ3) is 3.46. The molecule has 0 bridgehead atoms. The smallest absolute Gasteiger partial charge is 0.308 e. The van der Waals surface area contributed by atoms with Gasteiger partial charge in [0.05, 0.1) is 11.3 Å². The summed E-state index contributed by atoms with van der Waals surface area (Å²) in [5.41, 5.74) is -0.910. The lowest BCUT2D eigenvalue weighted by Crippen LogP contribution is -2.51. The molecule has 16 heavy (non-hydrogen) atoms. The first-order chi connectivity index (χ1) is 7.04. The van der Waals surface area contributed by atoms with Crippen LogP contribution in [0, 0.1) is 11.3 Å². The molecule has 0 amide bonds. The first-order valence-corrected chi connectivity index (χ1v) is 5.69. The average molecular weight is 232 g/mol. The Balaban J connectivity index is 4.81. The number of carbonyl (C=O) groups is 1. The second-order valence-corrected chi connectivity index (χ2v) is 5.23. The molecule has 4 nitrogen and oxygen atoms in total. The van der Waals surface area contributed by atoms with Crippen LogP contribution in [-0.4, -0.2) is 28.1 Å². The van der Waals surface area contributed by atoms with Crippen molar-refractivity contribution in [3.63, 3.8) is 0 Å². The van der Waals surface area contributed by atoms with Gasteiger partial charge in [-0.1, -0.05) is 34.6 Å². The molecular formula is C12H24O4. The van der Waals surface area contributed by atoms with Gasteiger partial charge in [-0.3, -0.25) is 4.79 Å². The molecule has 0 saturated carbocycles. The van der Waals surface area contributed by atoms with E-state index < -0.39 is 17.3 Å². The highest BCUT2D eigenvalue weighted by atomic mass is 16.6. The maximum atomic E-state index is 11.5. The summed E-state index contributed by atoms with van der Waals surface area (Å²) in [6, 6.07) is 0. The van der Waals surface area contributed by atoms with Crippen LogP contribution >= 0.6 is 0 Å². The van der Waals surface area contributed by atoms with E-state index in [2.05, 4.69) is 0 Å². The van der Waals surface area contributed by atoms with Crippen LogP contribution in [0.2, 0.25) is 0 Å². The van der Waals surface area contributed by atoms with Gasteiger partial charge in [0.2, 0.25) is 0 Å². The normalized spacial score (nSPS) is 15.1. The van der Waals surface area contributed by atoms with Crippen molar-refractivity contribution in [1.29, 1.82) is 0 Å². The van der Waals surface area contributed by atoms with E-state index >= 15 is 0 Å². The lowest BCUT2D eigenvalue weighted by atomic mass is 9.77. The third-order valence-corrected chi connectivity index (χ3v) is 3.13. The Morgan fingerprint density at radius 1 is 1.25 bits per heavy atom. The molecule has 0 rings (SSSR count). The Hall–Kier alpha value is -0.610. The Morgan fingerprint density at radius 3 is 1.94 bits per heavy atom. The monoisotopic (exact) mass is 232 g/mol. The van der Waals surface area contributed by atoms with Gasteiger partial charge in [0.1, 0.15) is 6.10 Å². The number of hydrogen-bond acceptors (Lipinski definition) is 4. The fourth-order valence-electron chi connectivity index (χ4n) is 1.32. The fraction of sp³-hybridized carbons (Fsp3) is 0.917. The molecule has 0 saturated heterocycles. The van der Waals surface area contributed by atoms with Gasteiger partial charge in [0.25, 0.3) is 0 Å². The molecule has 96 valence electrons. The molecule has 1 unspecified atom stereocenters. The lowest BCUT2D eigenvalue weighted by molar-refractivity contribution is -0.251. The molecular weight excluding hydrogens is 208 g/mol. The zero-order valence-electron chi connectivity index (χ0n) is 11.1. The zero-order chi connectivity index (χ0) is 13.1. The van der Waals surface area contributed by atoms with Gasteiger partial charge in [-0.25, -0.2) is 0 Å². The van der Waals surface area contributed by atoms with Gasteiger partial charge in [-0.15, -0.1) is 0 Å². The number of carbonyl (C=O) groups excluding carboxylic acids is 1. The summed E-state index contributed by atoms with van der Waals surface area (Å²) in [5, 5.41) is 19.3. The molecule has 2 N–H and O–H groups in total. The van der Waals surface area contributed by atoms with Gasteiger partial charge in [-0.05, 0) is 13.3 Å². The molecule has 0 aromatic rings. The minimum Gasteiger partial charge on any atom is -0.461 e. The topological polar surface area (TPSA) is 66.8 Å². The van der Waals surface area contributed by atoms with E-state index in [1.807, 2.05) is 6.92 Å². The predicted molar refractivity (Wildman–Crippen MR) is 61.6 cm³/mol. The van der Waals surface area contributed by atoms with Crippen LogP contribution < -0.4 is 0 Å². The molecule has 0 aliphatic heterocycles. The molecule has 4 heteroatoms. The van der Waals surface area contributed by atoms with E-state index in [-0.39, 0.29) is 11.9 Å². The van der Waals surface area contributed by atoms with Gasteiger partial charge in [-0.2, -0.15) is 0 Å². The van der Waals surface area contributed by atoms with Crippen molar-refractivity contribution in [1.82, 2.24) is 0 Å². The minimum absolute atomic E-state index is 0.214. The highest BCUT2D eigenvalue weighted by Gasteiger charge is 2.45. The van der Waals surface area contributed by atoms with Crippen LogP contribution in [-0.2, 0) is 9.53 Å². The molecule has 1 atom stereocenters. The minimum atomic E-state index is -1.88. The van der Waals surface area contributed by atoms with Crippen LogP contribution in [0.1, 0.15) is 48.0 Å². The molecule has 0 aliphatic rings. The van der Waals surface area contributed by atoms with E-state index in [9.17, 15) is 15.0 Å². The number of rotatable bonds is 5. The van der Waals surface area contributed by atoms with Crippen molar-refractivity contribution in [3.8, 4) is 0 Å². The summed E-state index contributed by atoms with van der Waals surface area (Å²) in [4.78, 5) is 11.5. The fourth-order valence-corrected chi connectivity index (χ4v) is 1.32. The molecule has 0 spiro atoms. The van der Waals surface area contributed by atoms with E-state index in [0.29, 0.717) is 6.42 Å². The highest BCUT2D eigenvalue weighted by Crippen LogP contribution is 2.36. The van der Waals surface area contributed by atoms with Crippen molar-refractivity contribution in [2.24, 2.45) is 11.3 Å². The van der Waals surface area contributed by atoms with Gasteiger partial charge in [0.15, 0.2) is 5.79 Å². The van der Waals surface area contributed by atoms with Crippen molar-refractivity contribution in [2.75, 3.05) is 0 Å². The van der Waals surface area contributed by atoms with Crippen LogP contribution in [0.15, 0.2) is 0 Å². The summed E-state index contributed by atoms with van der Waals surface area (Å²) in [6.07, 6.45) is 0.0322. The predicted octanol–water partition coefficient (Wildman–Crippen LogP) is 1.69. The molecule has 0 aliphatic carbocycles. The van der Waals surface area contributed by atoms with Crippen molar-refractivity contribution < 1.29 is 19.7 Å². The molecule has 0 radical (unpaired) electrons. The molecule has 0 aromatic heterocycles. The largest absolute Gasteiger partial charge is 0.461 e. The maximum absolute atomic E-state index is 11.5. The standard InChI is InChI=1S/C12H24O4/c1-7-9(16-10(13)8(2)3)11(4,5)12(6,14)15/h8-9,14-15H,7H2,1-6H3. The van der Waals surface area contributed by atoms with E-state index in [1.165, 1.54) is 6.92 Å². The van der Waals surface area contributed by atoms with Crippen LogP contribution in [0.4, 0.5) is 0 Å². The third-order valence-electron chi connectivity index (χ3n) is 3.13. The second kappa shape index (κ2) is 5.15. The van der Waals surface area contributed by atoms with Crippen molar-refractivity contribution >= 4 is 5.97 Å². The lowest BCUT2D eigenvalue weighted by Gasteiger charge is -2.41. The quantitative estimate of drug-likeness (QED) is 0.559. The summed E-state index contributed by atoms with van der Waals surface area (Å²) in [7, 11) is 0. The first-order valence-electron chi connectivity index (χ1n) is 5.69. The van der Waals surface area contributed by atoms with Crippen molar-refractivity contribution in [3.05, 3.63) is 0 Å². The van der Waals surface area contributed by atoms with Crippen LogP contribution in [0.3, 0.4) is 0 Å². The summed E-state index contributed by atoms with van der Waals surface area (Å²) in [5.74, 6) is -2.41. The van der Waals surface area contributed by atoms with Crippen molar-refractivity contribution in [2.45, 2.75) is 59.9 Å². The zero-order valence-corrected chi connectivity index (χ0v) is 11.1. The Kier molecular flexibility index (Phi) is 4.95. The number of aliphatic hydroxyl groups is 2. The van der Waals surface area contributed by atoms with Crippen LogP contribution in [0.5, 0.6) is 0 Å².